The zero-order valence-corrected chi connectivity index (χ0v) is 9.28. The zero-order valence-electron chi connectivity index (χ0n) is 9.28. The van der Waals surface area contributed by atoms with Gasteiger partial charge < -0.3 is 10.1 Å². The maximum absolute atomic E-state index is 5.52. The Hall–Kier alpha value is -0.860. The molecule has 1 aromatic rings. The Balaban J connectivity index is 1.78. The molecule has 2 atom stereocenters. The summed E-state index contributed by atoms with van der Waals surface area (Å²) >= 11 is 0. The molecule has 2 heteroatoms. The summed E-state index contributed by atoms with van der Waals surface area (Å²) in [6.45, 7) is 3.88. The van der Waals surface area contributed by atoms with E-state index in [1.165, 1.54) is 5.56 Å². The molecular weight excluding hydrogens is 186 g/mol. The predicted octanol–water partition coefficient (Wildman–Crippen LogP) is 2.00. The van der Waals surface area contributed by atoms with Crippen LogP contribution in [0.25, 0.3) is 0 Å². The Morgan fingerprint density at radius 2 is 2.07 bits per heavy atom. The summed E-state index contributed by atoms with van der Waals surface area (Å²) in [7, 11) is 0. The molecule has 2 rings (SSSR count). The molecule has 2 nitrogen and oxygen atoms in total. The van der Waals surface area contributed by atoms with Crippen LogP contribution in [0.15, 0.2) is 30.3 Å². The normalized spacial score (nSPS) is 26.5. The van der Waals surface area contributed by atoms with E-state index in [9.17, 15) is 0 Å². The average molecular weight is 205 g/mol. The van der Waals surface area contributed by atoms with Crippen molar-refractivity contribution >= 4 is 0 Å². The van der Waals surface area contributed by atoms with Gasteiger partial charge in [0.05, 0.1) is 13.2 Å². The number of aryl methyl sites for hydroxylation is 1. The van der Waals surface area contributed by atoms with Crippen LogP contribution in [-0.4, -0.2) is 25.3 Å². The second-order valence-electron chi connectivity index (χ2n) is 4.33. The molecule has 1 fully saturated rings. The van der Waals surface area contributed by atoms with E-state index >= 15 is 0 Å². The van der Waals surface area contributed by atoms with Gasteiger partial charge in [-0.25, -0.2) is 0 Å². The van der Waals surface area contributed by atoms with E-state index in [4.69, 9.17) is 4.74 Å². The molecule has 0 aliphatic carbocycles. The number of ether oxygens (including phenoxy) is 1. The van der Waals surface area contributed by atoms with E-state index in [1.54, 1.807) is 0 Å². The summed E-state index contributed by atoms with van der Waals surface area (Å²) in [5.41, 5.74) is 1.41. The lowest BCUT2D eigenvalue weighted by atomic mass is 10.0. The molecule has 0 spiro atoms. The highest BCUT2D eigenvalue weighted by molar-refractivity contribution is 5.14. The maximum atomic E-state index is 5.52. The fourth-order valence-corrected chi connectivity index (χ4v) is 2.04. The van der Waals surface area contributed by atoms with Crippen LogP contribution in [-0.2, 0) is 11.2 Å². The molecule has 2 unspecified atom stereocenters. The number of morpholine rings is 1. The first kappa shape index (κ1) is 10.7. The third-order valence-corrected chi connectivity index (χ3v) is 2.83. The first-order chi connectivity index (χ1) is 7.34. The fourth-order valence-electron chi connectivity index (χ4n) is 2.04. The Labute approximate surface area is 91.6 Å². The van der Waals surface area contributed by atoms with Gasteiger partial charge in [-0.15, -0.1) is 0 Å². The highest BCUT2D eigenvalue weighted by Crippen LogP contribution is 2.08. The number of hydrogen-bond donors (Lipinski definition) is 1. The van der Waals surface area contributed by atoms with Gasteiger partial charge in [0.1, 0.15) is 0 Å². The Morgan fingerprint density at radius 3 is 2.80 bits per heavy atom. The van der Waals surface area contributed by atoms with Gasteiger partial charge in [-0.05, 0) is 25.3 Å². The number of benzene rings is 1. The van der Waals surface area contributed by atoms with Crippen LogP contribution in [0.4, 0.5) is 0 Å². The Morgan fingerprint density at radius 1 is 1.27 bits per heavy atom. The quantitative estimate of drug-likeness (QED) is 0.815. The molecule has 15 heavy (non-hydrogen) atoms. The van der Waals surface area contributed by atoms with Crippen molar-refractivity contribution in [2.24, 2.45) is 0 Å². The largest absolute Gasteiger partial charge is 0.378 e. The molecule has 0 amide bonds. The summed E-state index contributed by atoms with van der Waals surface area (Å²) in [6, 6.07) is 11.7. The third-order valence-electron chi connectivity index (χ3n) is 2.83. The average Bonchev–Trinajstić information content (AvgIpc) is 2.28. The van der Waals surface area contributed by atoms with Crippen LogP contribution >= 0.6 is 0 Å². The second-order valence-corrected chi connectivity index (χ2v) is 4.33. The van der Waals surface area contributed by atoms with E-state index in [2.05, 4.69) is 42.6 Å². The molecule has 0 aromatic heterocycles. The van der Waals surface area contributed by atoms with E-state index in [0.29, 0.717) is 12.1 Å². The summed E-state index contributed by atoms with van der Waals surface area (Å²) in [6.07, 6.45) is 2.29. The predicted molar refractivity (Wildman–Crippen MR) is 62.0 cm³/mol. The van der Waals surface area contributed by atoms with E-state index in [-0.39, 0.29) is 0 Å². The molecule has 1 N–H and O–H groups in total. The summed E-state index contributed by atoms with van der Waals surface area (Å²) in [5.74, 6) is 0. The first-order valence-electron chi connectivity index (χ1n) is 5.72. The Bertz CT molecular complexity index is 286. The molecule has 0 saturated carbocycles. The molecule has 82 valence electrons. The molecule has 1 aromatic carbocycles. The van der Waals surface area contributed by atoms with Gasteiger partial charge in [-0.1, -0.05) is 30.3 Å². The minimum Gasteiger partial charge on any atom is -0.378 e. The van der Waals surface area contributed by atoms with E-state index in [1.807, 2.05) is 0 Å². The van der Waals surface area contributed by atoms with Gasteiger partial charge in [-0.2, -0.15) is 0 Å². The molecule has 0 bridgehead atoms. The van der Waals surface area contributed by atoms with Gasteiger partial charge in [0.15, 0.2) is 0 Å². The molecule has 1 aliphatic rings. The first-order valence-corrected chi connectivity index (χ1v) is 5.72. The summed E-state index contributed by atoms with van der Waals surface area (Å²) < 4.78 is 5.52. The van der Waals surface area contributed by atoms with Crippen LogP contribution in [0, 0.1) is 0 Å². The SMILES string of the molecule is CC1COCC(CCc2ccccc2)N1. The van der Waals surface area contributed by atoms with Crippen LogP contribution in [0.3, 0.4) is 0 Å². The molecule has 0 radical (unpaired) electrons. The molecule has 1 aliphatic heterocycles. The monoisotopic (exact) mass is 205 g/mol. The maximum Gasteiger partial charge on any atom is 0.0620 e. The van der Waals surface area contributed by atoms with Crippen molar-refractivity contribution in [1.82, 2.24) is 5.32 Å². The fraction of sp³-hybridized carbons (Fsp3) is 0.538. The highest BCUT2D eigenvalue weighted by Gasteiger charge is 2.17. The number of nitrogens with one attached hydrogen (secondary N) is 1. The molecular formula is C13H19NO. The topological polar surface area (TPSA) is 21.3 Å². The molecule has 1 heterocycles. The van der Waals surface area contributed by atoms with Crippen molar-refractivity contribution in [1.29, 1.82) is 0 Å². The summed E-state index contributed by atoms with van der Waals surface area (Å²) in [4.78, 5) is 0. The van der Waals surface area contributed by atoms with Crippen LogP contribution in [0.5, 0.6) is 0 Å². The zero-order chi connectivity index (χ0) is 10.5. The van der Waals surface area contributed by atoms with E-state index in [0.717, 1.165) is 26.1 Å². The highest BCUT2D eigenvalue weighted by atomic mass is 16.5. The minimum atomic E-state index is 0.500. The van der Waals surface area contributed by atoms with Crippen LogP contribution in [0.2, 0.25) is 0 Å². The van der Waals surface area contributed by atoms with Crippen molar-refractivity contribution < 1.29 is 4.74 Å². The Kier molecular flexibility index (Phi) is 3.75. The van der Waals surface area contributed by atoms with Gasteiger partial charge in [0, 0.05) is 12.1 Å². The van der Waals surface area contributed by atoms with Gasteiger partial charge in [0.2, 0.25) is 0 Å². The minimum absolute atomic E-state index is 0.500. The van der Waals surface area contributed by atoms with Crippen LogP contribution < -0.4 is 5.32 Å². The molecule has 1 saturated heterocycles. The van der Waals surface area contributed by atoms with Gasteiger partial charge in [0.25, 0.3) is 0 Å². The van der Waals surface area contributed by atoms with Crippen molar-refractivity contribution in [3.63, 3.8) is 0 Å². The van der Waals surface area contributed by atoms with Crippen molar-refractivity contribution in [2.45, 2.75) is 31.8 Å². The number of rotatable bonds is 3. The lowest BCUT2D eigenvalue weighted by Gasteiger charge is -2.28. The van der Waals surface area contributed by atoms with E-state index < -0.39 is 0 Å². The van der Waals surface area contributed by atoms with Crippen molar-refractivity contribution in [3.8, 4) is 0 Å². The van der Waals surface area contributed by atoms with Crippen molar-refractivity contribution in [2.75, 3.05) is 13.2 Å². The van der Waals surface area contributed by atoms with Crippen LogP contribution in [0.1, 0.15) is 18.9 Å². The van der Waals surface area contributed by atoms with Gasteiger partial charge >= 0.3 is 0 Å². The standard InChI is InChI=1S/C13H19NO/c1-11-9-15-10-13(14-11)8-7-12-5-3-2-4-6-12/h2-6,11,13-14H,7-10H2,1H3. The van der Waals surface area contributed by atoms with Crippen molar-refractivity contribution in [3.05, 3.63) is 35.9 Å². The number of hydrogen-bond acceptors (Lipinski definition) is 2. The smallest absolute Gasteiger partial charge is 0.0620 e. The lowest BCUT2D eigenvalue weighted by molar-refractivity contribution is 0.0483. The van der Waals surface area contributed by atoms with Gasteiger partial charge in [-0.3, -0.25) is 0 Å². The third kappa shape index (κ3) is 3.33. The lowest BCUT2D eigenvalue weighted by Crippen LogP contribution is -2.47. The second kappa shape index (κ2) is 5.29. The summed E-state index contributed by atoms with van der Waals surface area (Å²) in [5, 5.41) is 3.56.